The molecule has 0 saturated heterocycles. The molecule has 2 N–H and O–H groups in total. The van der Waals surface area contributed by atoms with E-state index in [-0.39, 0.29) is 0 Å². The largest absolute Gasteiger partial charge is 0.477 e. The Balaban J connectivity index is 2.41. The van der Waals surface area contributed by atoms with Crippen LogP contribution in [0.1, 0.15) is 42.2 Å². The number of carboxylic acid groups (broad SMARTS) is 1. The standard InChI is InChI=1S/C14H17NO2/c1-2-3-4-8-11-10-7-5-6-9-12(10)15-13(11)14(16)17/h5-7,9,15H,2-4,8H2,1H3,(H,16,17). The molecule has 0 spiro atoms. The van der Waals surface area contributed by atoms with Crippen LogP contribution in [0.2, 0.25) is 0 Å². The molecule has 0 radical (unpaired) electrons. The number of fused-ring (bicyclic) bond motifs is 1. The minimum absolute atomic E-state index is 0.349. The van der Waals surface area contributed by atoms with Crippen molar-refractivity contribution in [3.63, 3.8) is 0 Å². The minimum Gasteiger partial charge on any atom is -0.477 e. The number of nitrogens with one attached hydrogen (secondary N) is 1. The van der Waals surface area contributed by atoms with E-state index in [0.29, 0.717) is 5.69 Å². The van der Waals surface area contributed by atoms with Gasteiger partial charge >= 0.3 is 5.97 Å². The van der Waals surface area contributed by atoms with Crippen LogP contribution in [0, 0.1) is 0 Å². The smallest absolute Gasteiger partial charge is 0.352 e. The summed E-state index contributed by atoms with van der Waals surface area (Å²) in [6.07, 6.45) is 4.15. The van der Waals surface area contributed by atoms with Crippen LogP contribution in [-0.2, 0) is 6.42 Å². The molecule has 17 heavy (non-hydrogen) atoms. The zero-order valence-corrected chi connectivity index (χ0v) is 9.99. The second-order valence-corrected chi connectivity index (χ2v) is 4.29. The molecule has 0 saturated carbocycles. The summed E-state index contributed by atoms with van der Waals surface area (Å²) in [4.78, 5) is 14.2. The summed E-state index contributed by atoms with van der Waals surface area (Å²) in [6.45, 7) is 2.15. The molecule has 0 aliphatic heterocycles. The van der Waals surface area contributed by atoms with Gasteiger partial charge in [-0.1, -0.05) is 38.0 Å². The molecule has 2 aromatic rings. The van der Waals surface area contributed by atoms with Gasteiger partial charge in [0, 0.05) is 10.9 Å². The Morgan fingerprint density at radius 1 is 1.29 bits per heavy atom. The van der Waals surface area contributed by atoms with Gasteiger partial charge in [-0.15, -0.1) is 0 Å². The van der Waals surface area contributed by atoms with E-state index in [9.17, 15) is 9.90 Å². The van der Waals surface area contributed by atoms with Gasteiger partial charge in [-0.25, -0.2) is 4.79 Å². The third-order valence-corrected chi connectivity index (χ3v) is 3.06. The Morgan fingerprint density at radius 2 is 2.06 bits per heavy atom. The predicted octanol–water partition coefficient (Wildman–Crippen LogP) is 3.60. The Hall–Kier alpha value is -1.77. The van der Waals surface area contributed by atoms with E-state index in [1.54, 1.807) is 0 Å². The fraction of sp³-hybridized carbons (Fsp3) is 0.357. The Labute approximate surface area is 100 Å². The summed E-state index contributed by atoms with van der Waals surface area (Å²) in [7, 11) is 0. The lowest BCUT2D eigenvalue weighted by molar-refractivity contribution is 0.0690. The van der Waals surface area contributed by atoms with Crippen molar-refractivity contribution in [3.8, 4) is 0 Å². The zero-order chi connectivity index (χ0) is 12.3. The van der Waals surface area contributed by atoms with Crippen molar-refractivity contribution in [3.05, 3.63) is 35.5 Å². The lowest BCUT2D eigenvalue weighted by Crippen LogP contribution is -2.01. The number of hydrogen-bond donors (Lipinski definition) is 2. The molecule has 3 heteroatoms. The van der Waals surface area contributed by atoms with E-state index in [0.717, 1.165) is 42.1 Å². The van der Waals surface area contributed by atoms with Crippen molar-refractivity contribution < 1.29 is 9.90 Å². The van der Waals surface area contributed by atoms with Gasteiger partial charge in [0.05, 0.1) is 0 Å². The van der Waals surface area contributed by atoms with Crippen LogP contribution in [0.3, 0.4) is 0 Å². The number of carbonyl (C=O) groups is 1. The Bertz CT molecular complexity index is 528. The third kappa shape index (κ3) is 2.33. The maximum absolute atomic E-state index is 11.2. The number of unbranched alkanes of at least 4 members (excludes halogenated alkanes) is 2. The lowest BCUT2D eigenvalue weighted by atomic mass is 10.0. The number of aromatic amines is 1. The average Bonchev–Trinajstić information content (AvgIpc) is 2.69. The van der Waals surface area contributed by atoms with Gasteiger partial charge in [0.25, 0.3) is 0 Å². The summed E-state index contributed by atoms with van der Waals surface area (Å²) in [5, 5.41) is 10.2. The highest BCUT2D eigenvalue weighted by Crippen LogP contribution is 2.24. The van der Waals surface area contributed by atoms with Gasteiger partial charge in [0.2, 0.25) is 0 Å². The number of para-hydroxylation sites is 1. The van der Waals surface area contributed by atoms with Crippen LogP contribution in [0.4, 0.5) is 0 Å². The van der Waals surface area contributed by atoms with Crippen LogP contribution in [0.15, 0.2) is 24.3 Å². The molecule has 3 nitrogen and oxygen atoms in total. The first-order chi connectivity index (χ1) is 8.24. The maximum atomic E-state index is 11.2. The first-order valence-corrected chi connectivity index (χ1v) is 6.07. The number of benzene rings is 1. The molecular weight excluding hydrogens is 214 g/mol. The minimum atomic E-state index is -0.868. The van der Waals surface area contributed by atoms with E-state index in [1.807, 2.05) is 24.3 Å². The third-order valence-electron chi connectivity index (χ3n) is 3.06. The molecule has 0 amide bonds. The molecule has 1 heterocycles. The first-order valence-electron chi connectivity index (χ1n) is 6.07. The molecule has 0 atom stereocenters. The van der Waals surface area contributed by atoms with Gasteiger partial charge in [0.15, 0.2) is 0 Å². The van der Waals surface area contributed by atoms with E-state index < -0.39 is 5.97 Å². The van der Waals surface area contributed by atoms with Crippen molar-refractivity contribution in [2.45, 2.75) is 32.6 Å². The van der Waals surface area contributed by atoms with Crippen molar-refractivity contribution in [2.24, 2.45) is 0 Å². The molecular formula is C14H17NO2. The topological polar surface area (TPSA) is 53.1 Å². The molecule has 1 aromatic heterocycles. The van der Waals surface area contributed by atoms with Gasteiger partial charge in [-0.2, -0.15) is 0 Å². The number of aryl methyl sites for hydroxylation is 1. The SMILES string of the molecule is CCCCCc1c(C(=O)O)[nH]c2ccccc12. The molecule has 0 bridgehead atoms. The number of hydrogen-bond acceptors (Lipinski definition) is 1. The van der Waals surface area contributed by atoms with Crippen LogP contribution < -0.4 is 0 Å². The predicted molar refractivity (Wildman–Crippen MR) is 68.5 cm³/mol. The second kappa shape index (κ2) is 5.04. The summed E-state index contributed by atoms with van der Waals surface area (Å²) in [6, 6.07) is 7.77. The Morgan fingerprint density at radius 3 is 2.76 bits per heavy atom. The van der Waals surface area contributed by atoms with Crippen LogP contribution in [-0.4, -0.2) is 16.1 Å². The van der Waals surface area contributed by atoms with Crippen molar-refractivity contribution in [2.75, 3.05) is 0 Å². The number of aromatic nitrogens is 1. The van der Waals surface area contributed by atoms with E-state index in [2.05, 4.69) is 11.9 Å². The van der Waals surface area contributed by atoms with Gasteiger partial charge in [0.1, 0.15) is 5.69 Å². The van der Waals surface area contributed by atoms with Gasteiger partial charge < -0.3 is 10.1 Å². The summed E-state index contributed by atoms with van der Waals surface area (Å²) < 4.78 is 0. The normalized spacial score (nSPS) is 10.9. The van der Waals surface area contributed by atoms with Crippen LogP contribution >= 0.6 is 0 Å². The zero-order valence-electron chi connectivity index (χ0n) is 9.99. The Kier molecular flexibility index (Phi) is 3.47. The van der Waals surface area contributed by atoms with E-state index in [4.69, 9.17) is 0 Å². The van der Waals surface area contributed by atoms with Gasteiger partial charge in [-0.3, -0.25) is 0 Å². The molecule has 0 unspecified atom stereocenters. The summed E-state index contributed by atoms with van der Waals surface area (Å²) in [5.41, 5.74) is 2.21. The highest BCUT2D eigenvalue weighted by molar-refractivity contribution is 5.97. The number of H-pyrrole nitrogens is 1. The lowest BCUT2D eigenvalue weighted by Gasteiger charge is -2.00. The number of aromatic carboxylic acids is 1. The molecule has 0 aliphatic rings. The summed E-state index contributed by atoms with van der Waals surface area (Å²) >= 11 is 0. The quantitative estimate of drug-likeness (QED) is 0.772. The second-order valence-electron chi connectivity index (χ2n) is 4.29. The van der Waals surface area contributed by atoms with Crippen LogP contribution in [0.25, 0.3) is 10.9 Å². The van der Waals surface area contributed by atoms with Gasteiger partial charge in [-0.05, 0) is 24.5 Å². The van der Waals surface area contributed by atoms with Crippen LogP contribution in [0.5, 0.6) is 0 Å². The molecule has 2 rings (SSSR count). The molecule has 1 aromatic carbocycles. The maximum Gasteiger partial charge on any atom is 0.352 e. The van der Waals surface area contributed by atoms with E-state index >= 15 is 0 Å². The number of rotatable bonds is 5. The van der Waals surface area contributed by atoms with Crippen molar-refractivity contribution in [1.29, 1.82) is 0 Å². The molecule has 90 valence electrons. The molecule has 0 aliphatic carbocycles. The number of carboxylic acids is 1. The van der Waals surface area contributed by atoms with E-state index in [1.165, 1.54) is 0 Å². The van der Waals surface area contributed by atoms with Crippen molar-refractivity contribution >= 4 is 16.9 Å². The average molecular weight is 231 g/mol. The van der Waals surface area contributed by atoms with Crippen molar-refractivity contribution in [1.82, 2.24) is 4.98 Å². The summed E-state index contributed by atoms with van der Waals surface area (Å²) in [5.74, 6) is -0.868. The first kappa shape index (κ1) is 11.7. The fourth-order valence-corrected chi connectivity index (χ4v) is 2.19. The fourth-order valence-electron chi connectivity index (χ4n) is 2.19. The highest BCUT2D eigenvalue weighted by atomic mass is 16.4. The molecule has 0 fully saturated rings. The highest BCUT2D eigenvalue weighted by Gasteiger charge is 2.15. The monoisotopic (exact) mass is 231 g/mol.